The van der Waals surface area contributed by atoms with Crippen LogP contribution in [0.4, 0.5) is 0 Å². The maximum Gasteiger partial charge on any atom is 0.252 e. The van der Waals surface area contributed by atoms with Crippen molar-refractivity contribution in [1.29, 1.82) is 0 Å². The topological polar surface area (TPSA) is 130 Å². The minimum atomic E-state index is -1.32. The SMILES string of the molecule is CC[C@H](O)[C@](C)(O)/C=C/C/C(C)=C/[C@H](O)C(=O)NCC[C@@H](O)CO. The fraction of sp³-hybridized carbons (Fsp3) is 0.706. The highest BCUT2D eigenvalue weighted by Gasteiger charge is 2.25. The van der Waals surface area contributed by atoms with Gasteiger partial charge in [-0.15, -0.1) is 0 Å². The van der Waals surface area contributed by atoms with E-state index in [1.165, 1.54) is 19.1 Å². The van der Waals surface area contributed by atoms with Crippen molar-refractivity contribution in [2.45, 2.75) is 63.9 Å². The molecule has 0 aliphatic rings. The summed E-state index contributed by atoms with van der Waals surface area (Å²) in [6.07, 6.45) is 2.55. The lowest BCUT2D eigenvalue weighted by atomic mass is 9.96. The van der Waals surface area contributed by atoms with Crippen molar-refractivity contribution in [3.8, 4) is 0 Å². The van der Waals surface area contributed by atoms with Crippen LogP contribution in [-0.2, 0) is 4.79 Å². The Bertz CT molecular complexity index is 433. The molecule has 0 spiro atoms. The molecule has 24 heavy (non-hydrogen) atoms. The van der Waals surface area contributed by atoms with Crippen LogP contribution >= 0.6 is 0 Å². The van der Waals surface area contributed by atoms with Crippen LogP contribution < -0.4 is 5.32 Å². The summed E-state index contributed by atoms with van der Waals surface area (Å²) in [7, 11) is 0. The third-order valence-electron chi connectivity index (χ3n) is 3.65. The second-order valence-corrected chi connectivity index (χ2v) is 6.13. The van der Waals surface area contributed by atoms with E-state index in [0.717, 1.165) is 5.57 Å². The van der Waals surface area contributed by atoms with Crippen molar-refractivity contribution in [1.82, 2.24) is 5.32 Å². The molecule has 0 saturated carbocycles. The summed E-state index contributed by atoms with van der Waals surface area (Å²) in [5.41, 5.74) is -0.593. The first-order valence-corrected chi connectivity index (χ1v) is 8.14. The Morgan fingerprint density at radius 1 is 1.29 bits per heavy atom. The monoisotopic (exact) mass is 345 g/mol. The third kappa shape index (κ3) is 9.14. The van der Waals surface area contributed by atoms with Crippen LogP contribution in [0.2, 0.25) is 0 Å². The van der Waals surface area contributed by atoms with Crippen LogP contribution in [0.15, 0.2) is 23.8 Å². The minimum Gasteiger partial charge on any atom is -0.394 e. The zero-order valence-corrected chi connectivity index (χ0v) is 14.6. The highest BCUT2D eigenvalue weighted by atomic mass is 16.3. The van der Waals surface area contributed by atoms with E-state index in [1.807, 2.05) is 0 Å². The Morgan fingerprint density at radius 3 is 2.46 bits per heavy atom. The van der Waals surface area contributed by atoms with Crippen molar-refractivity contribution < 1.29 is 30.3 Å². The van der Waals surface area contributed by atoms with Gasteiger partial charge in [-0.1, -0.05) is 24.6 Å². The molecule has 0 saturated heterocycles. The summed E-state index contributed by atoms with van der Waals surface area (Å²) < 4.78 is 0. The first-order chi connectivity index (χ1) is 11.1. The number of hydrogen-bond donors (Lipinski definition) is 6. The van der Waals surface area contributed by atoms with Crippen LogP contribution in [0.25, 0.3) is 0 Å². The van der Waals surface area contributed by atoms with E-state index in [-0.39, 0.29) is 19.6 Å². The van der Waals surface area contributed by atoms with Gasteiger partial charge in [-0.25, -0.2) is 0 Å². The fourth-order valence-corrected chi connectivity index (χ4v) is 1.98. The van der Waals surface area contributed by atoms with E-state index in [9.17, 15) is 20.1 Å². The second-order valence-electron chi connectivity index (χ2n) is 6.13. The summed E-state index contributed by atoms with van der Waals surface area (Å²) in [6.45, 7) is 4.80. The fourth-order valence-electron chi connectivity index (χ4n) is 1.98. The molecule has 0 fully saturated rings. The number of hydrogen-bond acceptors (Lipinski definition) is 6. The van der Waals surface area contributed by atoms with Gasteiger partial charge in [0.05, 0.1) is 18.8 Å². The zero-order valence-electron chi connectivity index (χ0n) is 14.6. The predicted molar refractivity (Wildman–Crippen MR) is 91.2 cm³/mol. The van der Waals surface area contributed by atoms with Gasteiger partial charge in [0.15, 0.2) is 6.10 Å². The molecular weight excluding hydrogens is 314 g/mol. The minimum absolute atomic E-state index is 0.155. The standard InChI is InChI=1S/C17H31NO6/c1-4-15(22)17(3,24)8-5-6-12(2)10-14(21)16(23)18-9-7-13(20)11-19/h5,8,10,13-15,19-22,24H,4,6-7,9,11H2,1-3H3,(H,18,23)/b8-5+,12-10+/t13-,14+,15+,17-/m1/s1. The average molecular weight is 345 g/mol. The maximum atomic E-state index is 11.7. The van der Waals surface area contributed by atoms with Gasteiger partial charge in [-0.05, 0) is 39.2 Å². The molecule has 7 heteroatoms. The van der Waals surface area contributed by atoms with E-state index in [4.69, 9.17) is 10.2 Å². The first kappa shape index (κ1) is 22.8. The molecule has 0 bridgehead atoms. The molecule has 0 aromatic carbocycles. The van der Waals surface area contributed by atoms with Crippen molar-refractivity contribution in [2.24, 2.45) is 0 Å². The van der Waals surface area contributed by atoms with E-state index in [2.05, 4.69) is 5.32 Å². The van der Waals surface area contributed by atoms with Crippen LogP contribution in [0.1, 0.15) is 40.0 Å². The van der Waals surface area contributed by atoms with Crippen LogP contribution in [0, 0.1) is 0 Å². The number of aliphatic hydroxyl groups is 5. The molecule has 4 atom stereocenters. The normalized spacial score (nSPS) is 18.9. The molecule has 1 amide bonds. The Labute approximate surface area is 143 Å². The third-order valence-corrected chi connectivity index (χ3v) is 3.65. The lowest BCUT2D eigenvalue weighted by Gasteiger charge is -2.24. The van der Waals surface area contributed by atoms with Gasteiger partial charge in [-0.3, -0.25) is 4.79 Å². The number of carbonyl (C=O) groups excluding carboxylic acids is 1. The molecular formula is C17H31NO6. The molecule has 0 aliphatic carbocycles. The summed E-state index contributed by atoms with van der Waals surface area (Å²) in [5.74, 6) is -0.586. The largest absolute Gasteiger partial charge is 0.394 e. The Kier molecular flexibility index (Phi) is 10.7. The van der Waals surface area contributed by atoms with Crippen molar-refractivity contribution in [3.63, 3.8) is 0 Å². The zero-order chi connectivity index (χ0) is 18.8. The number of nitrogens with one attached hydrogen (secondary N) is 1. The first-order valence-electron chi connectivity index (χ1n) is 8.14. The van der Waals surface area contributed by atoms with Gasteiger partial charge in [0.1, 0.15) is 5.60 Å². The highest BCUT2D eigenvalue weighted by molar-refractivity contribution is 5.82. The number of amides is 1. The number of carbonyl (C=O) groups is 1. The van der Waals surface area contributed by atoms with Crippen molar-refractivity contribution in [3.05, 3.63) is 23.8 Å². The number of rotatable bonds is 11. The Morgan fingerprint density at radius 2 is 1.92 bits per heavy atom. The van der Waals surface area contributed by atoms with Crippen molar-refractivity contribution in [2.75, 3.05) is 13.2 Å². The van der Waals surface area contributed by atoms with E-state index < -0.39 is 29.8 Å². The van der Waals surface area contributed by atoms with Crippen LogP contribution in [0.3, 0.4) is 0 Å². The number of allylic oxidation sites excluding steroid dienone is 2. The molecule has 0 aromatic heterocycles. The Balaban J connectivity index is 4.39. The Hall–Kier alpha value is -1.25. The second kappa shape index (κ2) is 11.3. The maximum absolute atomic E-state index is 11.7. The molecule has 0 unspecified atom stereocenters. The summed E-state index contributed by atoms with van der Waals surface area (Å²) >= 11 is 0. The summed E-state index contributed by atoms with van der Waals surface area (Å²) in [6, 6.07) is 0. The van der Waals surface area contributed by atoms with Gasteiger partial charge < -0.3 is 30.8 Å². The molecule has 0 radical (unpaired) electrons. The van der Waals surface area contributed by atoms with Crippen molar-refractivity contribution >= 4 is 5.91 Å². The van der Waals surface area contributed by atoms with Gasteiger partial charge in [-0.2, -0.15) is 0 Å². The molecule has 0 aromatic rings. The summed E-state index contributed by atoms with van der Waals surface area (Å²) in [5, 5.41) is 49.7. The predicted octanol–water partition coefficient (Wildman–Crippen LogP) is -0.379. The number of aliphatic hydroxyl groups excluding tert-OH is 4. The van der Waals surface area contributed by atoms with Crippen LogP contribution in [-0.4, -0.2) is 68.5 Å². The highest BCUT2D eigenvalue weighted by Crippen LogP contribution is 2.16. The molecule has 0 heterocycles. The summed E-state index contributed by atoms with van der Waals surface area (Å²) in [4.78, 5) is 11.7. The van der Waals surface area contributed by atoms with Gasteiger partial charge in [0.2, 0.25) is 0 Å². The van der Waals surface area contributed by atoms with Gasteiger partial charge in [0.25, 0.3) is 5.91 Å². The quantitative estimate of drug-likeness (QED) is 0.283. The molecule has 7 nitrogen and oxygen atoms in total. The van der Waals surface area contributed by atoms with Gasteiger partial charge >= 0.3 is 0 Å². The van der Waals surface area contributed by atoms with E-state index >= 15 is 0 Å². The molecule has 0 rings (SSSR count). The lowest BCUT2D eigenvalue weighted by Crippen LogP contribution is -2.36. The molecule has 6 N–H and O–H groups in total. The smallest absolute Gasteiger partial charge is 0.252 e. The van der Waals surface area contributed by atoms with Crippen LogP contribution in [0.5, 0.6) is 0 Å². The molecule has 0 aliphatic heterocycles. The van der Waals surface area contributed by atoms with Gasteiger partial charge in [0, 0.05) is 6.54 Å². The van der Waals surface area contributed by atoms with E-state index in [0.29, 0.717) is 12.8 Å². The van der Waals surface area contributed by atoms with E-state index in [1.54, 1.807) is 19.9 Å². The molecule has 140 valence electrons. The lowest BCUT2D eigenvalue weighted by molar-refractivity contribution is -0.127. The average Bonchev–Trinajstić information content (AvgIpc) is 2.53.